The minimum absolute atomic E-state index is 0.272. The van der Waals surface area contributed by atoms with E-state index in [1.165, 1.54) is 4.90 Å². The molecule has 3 aromatic carbocycles. The van der Waals surface area contributed by atoms with E-state index in [0.29, 0.717) is 16.4 Å². The van der Waals surface area contributed by atoms with Crippen molar-refractivity contribution < 1.29 is 14.4 Å². The minimum atomic E-state index is -0.836. The molecule has 174 valence electrons. The predicted molar refractivity (Wildman–Crippen MR) is 135 cm³/mol. The molecule has 7 heteroatoms. The van der Waals surface area contributed by atoms with Gasteiger partial charge in [0.05, 0.1) is 23.6 Å². The van der Waals surface area contributed by atoms with Crippen LogP contribution in [-0.2, 0) is 14.4 Å². The fraction of sp³-hybridized carbons (Fsp3) is 0.179. The average Bonchev–Trinajstić information content (AvgIpc) is 3.34. The molecule has 3 aromatic rings. The van der Waals surface area contributed by atoms with Crippen LogP contribution in [0.15, 0.2) is 79.0 Å². The summed E-state index contributed by atoms with van der Waals surface area (Å²) in [6.07, 6.45) is 3.77. The van der Waals surface area contributed by atoms with E-state index >= 15 is 0 Å². The zero-order chi connectivity index (χ0) is 24.3. The number of nitrogens with zero attached hydrogens (tertiary/aromatic N) is 2. The number of anilines is 2. The lowest BCUT2D eigenvalue weighted by atomic mass is 9.84. The molecule has 1 N–H and O–H groups in total. The Labute approximate surface area is 207 Å². The van der Waals surface area contributed by atoms with Crippen LogP contribution in [0.2, 0.25) is 5.02 Å². The molecule has 6 rings (SSSR count). The standard InChI is InChI=1S/C28H22ClN3O3/c1-16-6-12-20(13-7-16)32-27(34)22-23(28(32)35)25(26(33)30-19-10-8-18(29)9-11-19)31-15-14-17-4-2-3-5-21(17)24(22)31/h2-15,22-25H,1H3,(H,30,33)/t22-,23+,24?,25-/m0/s1. The summed E-state index contributed by atoms with van der Waals surface area (Å²) in [6.45, 7) is 1.95. The van der Waals surface area contributed by atoms with E-state index in [0.717, 1.165) is 16.7 Å². The molecule has 0 aliphatic carbocycles. The lowest BCUT2D eigenvalue weighted by Crippen LogP contribution is -2.46. The van der Waals surface area contributed by atoms with Gasteiger partial charge in [-0.05, 0) is 60.5 Å². The number of halogens is 1. The van der Waals surface area contributed by atoms with Crippen molar-refractivity contribution in [2.24, 2.45) is 11.8 Å². The topological polar surface area (TPSA) is 69.7 Å². The lowest BCUT2D eigenvalue weighted by Gasteiger charge is -2.35. The molecule has 4 atom stereocenters. The van der Waals surface area contributed by atoms with E-state index in [4.69, 9.17) is 11.6 Å². The molecule has 0 aromatic heterocycles. The molecule has 3 aliphatic heterocycles. The van der Waals surface area contributed by atoms with Crippen molar-refractivity contribution in [3.63, 3.8) is 0 Å². The van der Waals surface area contributed by atoms with Crippen molar-refractivity contribution in [2.45, 2.75) is 19.0 Å². The van der Waals surface area contributed by atoms with Crippen molar-refractivity contribution in [1.29, 1.82) is 0 Å². The number of hydrogen-bond donors (Lipinski definition) is 1. The van der Waals surface area contributed by atoms with Gasteiger partial charge in [0.2, 0.25) is 17.7 Å². The average molecular weight is 484 g/mol. The van der Waals surface area contributed by atoms with Gasteiger partial charge in [0.1, 0.15) is 6.04 Å². The Hall–Kier alpha value is -3.90. The van der Waals surface area contributed by atoms with Crippen LogP contribution >= 0.6 is 11.6 Å². The van der Waals surface area contributed by atoms with Crippen LogP contribution in [-0.4, -0.2) is 28.7 Å². The van der Waals surface area contributed by atoms with Gasteiger partial charge < -0.3 is 10.2 Å². The van der Waals surface area contributed by atoms with Crippen LogP contribution in [0.1, 0.15) is 22.7 Å². The van der Waals surface area contributed by atoms with E-state index in [-0.39, 0.29) is 17.7 Å². The number of nitrogens with one attached hydrogen (secondary N) is 1. The van der Waals surface area contributed by atoms with Gasteiger partial charge >= 0.3 is 0 Å². The van der Waals surface area contributed by atoms with Crippen LogP contribution in [0.5, 0.6) is 0 Å². The number of carbonyl (C=O) groups excluding carboxylic acids is 3. The van der Waals surface area contributed by atoms with E-state index in [1.54, 1.807) is 36.4 Å². The first-order valence-corrected chi connectivity index (χ1v) is 11.9. The molecular weight excluding hydrogens is 462 g/mol. The van der Waals surface area contributed by atoms with E-state index in [9.17, 15) is 14.4 Å². The highest BCUT2D eigenvalue weighted by Gasteiger charge is 2.64. The van der Waals surface area contributed by atoms with Gasteiger partial charge in [-0.15, -0.1) is 0 Å². The Morgan fingerprint density at radius 1 is 0.886 bits per heavy atom. The summed E-state index contributed by atoms with van der Waals surface area (Å²) >= 11 is 5.99. The monoisotopic (exact) mass is 483 g/mol. The first kappa shape index (κ1) is 21.6. The first-order valence-electron chi connectivity index (χ1n) is 11.5. The molecule has 0 radical (unpaired) electrons. The molecule has 0 spiro atoms. The number of hydrogen-bond acceptors (Lipinski definition) is 4. The third kappa shape index (κ3) is 3.36. The molecule has 6 nitrogen and oxygen atoms in total. The maximum atomic E-state index is 13.8. The number of rotatable bonds is 3. The maximum Gasteiger partial charge on any atom is 0.247 e. The fourth-order valence-corrected chi connectivity index (χ4v) is 5.68. The maximum absolute atomic E-state index is 13.8. The molecule has 0 saturated carbocycles. The molecule has 2 saturated heterocycles. The number of fused-ring (bicyclic) bond motifs is 5. The highest BCUT2D eigenvalue weighted by Crippen LogP contribution is 2.53. The van der Waals surface area contributed by atoms with E-state index < -0.39 is 23.9 Å². The van der Waals surface area contributed by atoms with Gasteiger partial charge in [-0.2, -0.15) is 0 Å². The number of carbonyl (C=O) groups is 3. The molecular formula is C28H22ClN3O3. The second-order valence-electron chi connectivity index (χ2n) is 9.18. The lowest BCUT2D eigenvalue weighted by molar-refractivity contribution is -0.128. The van der Waals surface area contributed by atoms with E-state index in [2.05, 4.69) is 5.32 Å². The summed E-state index contributed by atoms with van der Waals surface area (Å²) < 4.78 is 0. The van der Waals surface area contributed by atoms with Crippen molar-refractivity contribution in [3.05, 3.63) is 101 Å². The molecule has 1 unspecified atom stereocenters. The normalized spacial score (nSPS) is 24.3. The Morgan fingerprint density at radius 3 is 2.31 bits per heavy atom. The largest absolute Gasteiger partial charge is 0.357 e. The van der Waals surface area contributed by atoms with Crippen LogP contribution in [0.3, 0.4) is 0 Å². The smallest absolute Gasteiger partial charge is 0.247 e. The van der Waals surface area contributed by atoms with Gasteiger partial charge in [-0.1, -0.05) is 53.6 Å². The highest BCUT2D eigenvalue weighted by molar-refractivity contribution is 6.30. The van der Waals surface area contributed by atoms with Crippen molar-refractivity contribution in [2.75, 3.05) is 10.2 Å². The van der Waals surface area contributed by atoms with Gasteiger partial charge in [-0.3, -0.25) is 14.4 Å². The molecule has 3 amide bonds. The van der Waals surface area contributed by atoms with Crippen LogP contribution in [0.25, 0.3) is 6.08 Å². The Bertz CT molecular complexity index is 1380. The quantitative estimate of drug-likeness (QED) is 0.543. The van der Waals surface area contributed by atoms with E-state index in [1.807, 2.05) is 60.5 Å². The predicted octanol–water partition coefficient (Wildman–Crippen LogP) is 4.80. The minimum Gasteiger partial charge on any atom is -0.357 e. The second kappa shape index (κ2) is 8.10. The number of aryl methyl sites for hydroxylation is 1. The van der Waals surface area contributed by atoms with Gasteiger partial charge in [0.25, 0.3) is 0 Å². The van der Waals surface area contributed by atoms with Crippen LogP contribution in [0.4, 0.5) is 11.4 Å². The number of benzene rings is 3. The Kier molecular flexibility index (Phi) is 5.00. The summed E-state index contributed by atoms with van der Waals surface area (Å²) in [5.74, 6) is -2.43. The summed E-state index contributed by atoms with van der Waals surface area (Å²) in [5, 5.41) is 3.48. The zero-order valence-electron chi connectivity index (χ0n) is 18.9. The molecule has 3 aliphatic rings. The summed E-state index contributed by atoms with van der Waals surface area (Å²) in [7, 11) is 0. The third-order valence-corrected chi connectivity index (χ3v) is 7.39. The Morgan fingerprint density at radius 2 is 1.57 bits per heavy atom. The second-order valence-corrected chi connectivity index (χ2v) is 9.61. The van der Waals surface area contributed by atoms with Gasteiger partial charge in [0.15, 0.2) is 0 Å². The number of amides is 3. The summed E-state index contributed by atoms with van der Waals surface area (Å²) in [6, 6.07) is 20.7. The fourth-order valence-electron chi connectivity index (χ4n) is 5.55. The zero-order valence-corrected chi connectivity index (χ0v) is 19.6. The third-order valence-electron chi connectivity index (χ3n) is 7.13. The highest BCUT2D eigenvalue weighted by atomic mass is 35.5. The SMILES string of the molecule is Cc1ccc(N2C(=O)[C@@H]3[C@H](C2=O)C2c4ccccc4C=CN2[C@@H]3C(=O)Nc2ccc(Cl)cc2)cc1. The molecule has 35 heavy (non-hydrogen) atoms. The van der Waals surface area contributed by atoms with Crippen molar-refractivity contribution >= 4 is 46.8 Å². The molecule has 0 bridgehead atoms. The first-order chi connectivity index (χ1) is 16.9. The van der Waals surface area contributed by atoms with Crippen LogP contribution < -0.4 is 10.2 Å². The molecule has 3 heterocycles. The molecule has 2 fully saturated rings. The van der Waals surface area contributed by atoms with Gasteiger partial charge in [0, 0.05) is 16.9 Å². The summed E-state index contributed by atoms with van der Waals surface area (Å²) in [5.41, 5.74) is 4.07. The van der Waals surface area contributed by atoms with Crippen LogP contribution in [0, 0.1) is 18.8 Å². The summed E-state index contributed by atoms with van der Waals surface area (Å²) in [4.78, 5) is 44.4. The number of imide groups is 1. The van der Waals surface area contributed by atoms with Crippen molar-refractivity contribution in [3.8, 4) is 0 Å². The van der Waals surface area contributed by atoms with Gasteiger partial charge in [-0.25, -0.2) is 4.90 Å². The van der Waals surface area contributed by atoms with Crippen molar-refractivity contribution in [1.82, 2.24) is 4.90 Å². The Balaban J connectivity index is 1.43.